The average Bonchev–Trinajstić information content (AvgIpc) is 2.75. The predicted octanol–water partition coefficient (Wildman–Crippen LogP) is 2.95. The molecule has 0 aromatic heterocycles. The lowest BCUT2D eigenvalue weighted by molar-refractivity contribution is 0.101. The van der Waals surface area contributed by atoms with Gasteiger partial charge in [0.25, 0.3) is 0 Å². The second-order valence-electron chi connectivity index (χ2n) is 5.18. The first-order valence-corrected chi connectivity index (χ1v) is 6.66. The quantitative estimate of drug-likeness (QED) is 0.679. The van der Waals surface area contributed by atoms with E-state index in [2.05, 4.69) is 0 Å². The van der Waals surface area contributed by atoms with Gasteiger partial charge in [-0.3, -0.25) is 4.79 Å². The summed E-state index contributed by atoms with van der Waals surface area (Å²) in [4.78, 5) is 14.3. The third-order valence-electron chi connectivity index (χ3n) is 3.40. The summed E-state index contributed by atoms with van der Waals surface area (Å²) >= 11 is 0. The van der Waals surface area contributed by atoms with Crippen molar-refractivity contribution in [2.75, 3.05) is 24.7 Å². The number of nitrogens with zero attached hydrogens (tertiary/aromatic N) is 1. The zero-order chi connectivity index (χ0) is 15.0. The van der Waals surface area contributed by atoms with Crippen molar-refractivity contribution in [2.45, 2.75) is 0 Å². The van der Waals surface area contributed by atoms with Crippen LogP contribution in [-0.4, -0.2) is 19.9 Å². The van der Waals surface area contributed by atoms with Crippen LogP contribution in [0.2, 0.25) is 0 Å². The van der Waals surface area contributed by atoms with Crippen LogP contribution in [0.15, 0.2) is 48.2 Å². The van der Waals surface area contributed by atoms with Crippen molar-refractivity contribution in [3.63, 3.8) is 0 Å². The third-order valence-corrected chi connectivity index (χ3v) is 3.40. The molecular weight excluding hydrogens is 264 g/mol. The van der Waals surface area contributed by atoms with Crippen LogP contribution >= 0.6 is 0 Å². The molecule has 2 N–H and O–H groups in total. The molecule has 21 heavy (non-hydrogen) atoms. The van der Waals surface area contributed by atoms with E-state index in [0.29, 0.717) is 22.8 Å². The molecule has 0 aliphatic carbocycles. The van der Waals surface area contributed by atoms with E-state index < -0.39 is 0 Å². The monoisotopic (exact) mass is 280 g/mol. The minimum absolute atomic E-state index is 0.110. The van der Waals surface area contributed by atoms with E-state index in [1.807, 2.05) is 43.3 Å². The van der Waals surface area contributed by atoms with E-state index in [-0.39, 0.29) is 5.78 Å². The van der Waals surface area contributed by atoms with Crippen molar-refractivity contribution in [3.05, 3.63) is 59.4 Å². The maximum Gasteiger partial charge on any atom is 0.231 e. The first kappa shape index (κ1) is 13.2. The van der Waals surface area contributed by atoms with Gasteiger partial charge in [0.1, 0.15) is 5.75 Å². The zero-order valence-corrected chi connectivity index (χ0v) is 12.0. The van der Waals surface area contributed by atoms with Gasteiger partial charge in [-0.05, 0) is 35.9 Å². The van der Waals surface area contributed by atoms with Crippen LogP contribution in [-0.2, 0) is 0 Å². The van der Waals surface area contributed by atoms with Crippen molar-refractivity contribution < 1.29 is 9.53 Å². The highest BCUT2D eigenvalue weighted by atomic mass is 16.5. The Hall–Kier alpha value is -2.75. The smallest absolute Gasteiger partial charge is 0.231 e. The number of hydrogen-bond donors (Lipinski definition) is 1. The Morgan fingerprint density at radius 2 is 1.81 bits per heavy atom. The highest BCUT2D eigenvalue weighted by Crippen LogP contribution is 2.33. The lowest BCUT2D eigenvalue weighted by atomic mass is 10.1. The molecule has 4 nitrogen and oxygen atoms in total. The zero-order valence-electron chi connectivity index (χ0n) is 12.0. The molecule has 0 atom stereocenters. The van der Waals surface area contributed by atoms with E-state index in [1.165, 1.54) is 0 Å². The number of fused-ring (bicyclic) bond motifs is 1. The van der Waals surface area contributed by atoms with E-state index in [4.69, 9.17) is 10.5 Å². The number of carbonyl (C=O) groups excluding carboxylic acids is 1. The van der Waals surface area contributed by atoms with Crippen molar-refractivity contribution in [3.8, 4) is 5.75 Å². The van der Waals surface area contributed by atoms with Crippen molar-refractivity contribution in [1.29, 1.82) is 0 Å². The molecule has 0 unspecified atom stereocenters. The minimum Gasteiger partial charge on any atom is -0.452 e. The number of allylic oxidation sites excluding steroid dienone is 1. The number of nitrogens with two attached hydrogens (primary N) is 1. The second-order valence-corrected chi connectivity index (χ2v) is 5.18. The molecule has 0 saturated heterocycles. The number of nitrogen functional groups attached to an aromatic ring is 1. The number of Topliss-reactive ketones (excluding diaryl/α,β-unsaturated/α-hetero) is 1. The summed E-state index contributed by atoms with van der Waals surface area (Å²) < 4.78 is 5.60. The number of hydrogen-bond acceptors (Lipinski definition) is 4. The maximum atomic E-state index is 12.2. The molecule has 0 fully saturated rings. The summed E-state index contributed by atoms with van der Waals surface area (Å²) in [5, 5.41) is 0. The normalized spacial score (nSPS) is 15.0. The van der Waals surface area contributed by atoms with Crippen LogP contribution < -0.4 is 15.4 Å². The van der Waals surface area contributed by atoms with E-state index in [0.717, 1.165) is 11.3 Å². The fourth-order valence-electron chi connectivity index (χ4n) is 2.22. The maximum absolute atomic E-state index is 12.2. The molecule has 0 bridgehead atoms. The Kier molecular flexibility index (Phi) is 3.14. The molecule has 1 aliphatic heterocycles. The Balaban J connectivity index is 1.90. The standard InChI is InChI=1S/C17H16N2O2/c1-19(2)13-6-3-11(4-7-13)9-16-17(20)14-8-5-12(18)10-15(14)21-16/h3-10H,18H2,1-2H3/b16-9-. The number of benzene rings is 2. The second kappa shape index (κ2) is 4.98. The van der Waals surface area contributed by atoms with Crippen LogP contribution in [0.4, 0.5) is 11.4 Å². The summed E-state index contributed by atoms with van der Waals surface area (Å²) in [5.74, 6) is 0.742. The van der Waals surface area contributed by atoms with Gasteiger partial charge in [-0.2, -0.15) is 0 Å². The average molecular weight is 280 g/mol. The van der Waals surface area contributed by atoms with Crippen molar-refractivity contribution in [1.82, 2.24) is 0 Å². The highest BCUT2D eigenvalue weighted by molar-refractivity contribution is 6.14. The molecule has 3 rings (SSSR count). The summed E-state index contributed by atoms with van der Waals surface area (Å²) in [6, 6.07) is 13.0. The highest BCUT2D eigenvalue weighted by Gasteiger charge is 2.27. The number of anilines is 2. The molecule has 106 valence electrons. The summed E-state index contributed by atoms with van der Waals surface area (Å²) in [7, 11) is 3.97. The van der Waals surface area contributed by atoms with Crippen molar-refractivity contribution in [2.24, 2.45) is 0 Å². The fraction of sp³-hybridized carbons (Fsp3) is 0.118. The number of carbonyl (C=O) groups is 1. The molecule has 0 spiro atoms. The number of ketones is 1. The van der Waals surface area contributed by atoms with Crippen LogP contribution in [0, 0.1) is 0 Å². The molecule has 4 heteroatoms. The molecule has 0 radical (unpaired) electrons. The Bertz CT molecular complexity index is 731. The van der Waals surface area contributed by atoms with E-state index in [9.17, 15) is 4.79 Å². The molecule has 1 aliphatic rings. The van der Waals surface area contributed by atoms with Gasteiger partial charge in [-0.25, -0.2) is 0 Å². The third kappa shape index (κ3) is 2.48. The molecule has 0 amide bonds. The number of rotatable bonds is 2. The molecule has 0 saturated carbocycles. The van der Waals surface area contributed by atoms with Gasteiger partial charge < -0.3 is 15.4 Å². The van der Waals surface area contributed by atoms with Gasteiger partial charge in [-0.15, -0.1) is 0 Å². The van der Waals surface area contributed by atoms with Gasteiger partial charge >= 0.3 is 0 Å². The summed E-state index contributed by atoms with van der Waals surface area (Å²) in [6.45, 7) is 0. The van der Waals surface area contributed by atoms with Crippen LogP contribution in [0.5, 0.6) is 5.75 Å². The Labute approximate surface area is 123 Å². The van der Waals surface area contributed by atoms with Gasteiger partial charge in [0, 0.05) is 31.5 Å². The Morgan fingerprint density at radius 3 is 2.48 bits per heavy atom. The lowest BCUT2D eigenvalue weighted by Gasteiger charge is -2.11. The van der Waals surface area contributed by atoms with Gasteiger partial charge in [0.05, 0.1) is 5.56 Å². The summed E-state index contributed by atoms with van der Waals surface area (Å²) in [6.07, 6.45) is 1.75. The topological polar surface area (TPSA) is 55.6 Å². The van der Waals surface area contributed by atoms with Crippen LogP contribution in [0.3, 0.4) is 0 Å². The van der Waals surface area contributed by atoms with Gasteiger partial charge in [0.2, 0.25) is 5.78 Å². The lowest BCUT2D eigenvalue weighted by Crippen LogP contribution is -2.08. The molecular formula is C17H16N2O2. The SMILES string of the molecule is CN(C)c1ccc(/C=C2\Oc3cc(N)ccc3C2=O)cc1. The first-order chi connectivity index (χ1) is 10.0. The van der Waals surface area contributed by atoms with Crippen LogP contribution in [0.25, 0.3) is 6.08 Å². The fourth-order valence-corrected chi connectivity index (χ4v) is 2.22. The molecule has 1 heterocycles. The molecule has 2 aromatic rings. The van der Waals surface area contributed by atoms with E-state index in [1.54, 1.807) is 24.3 Å². The molecule has 2 aromatic carbocycles. The van der Waals surface area contributed by atoms with Crippen molar-refractivity contribution >= 4 is 23.2 Å². The minimum atomic E-state index is -0.110. The predicted molar refractivity (Wildman–Crippen MR) is 84.6 cm³/mol. The summed E-state index contributed by atoms with van der Waals surface area (Å²) in [5.41, 5.74) is 8.87. The van der Waals surface area contributed by atoms with Gasteiger partial charge in [-0.1, -0.05) is 12.1 Å². The largest absolute Gasteiger partial charge is 0.452 e. The van der Waals surface area contributed by atoms with Crippen LogP contribution in [0.1, 0.15) is 15.9 Å². The Morgan fingerprint density at radius 1 is 1.10 bits per heavy atom. The van der Waals surface area contributed by atoms with Gasteiger partial charge in [0.15, 0.2) is 5.76 Å². The first-order valence-electron chi connectivity index (χ1n) is 6.66. The van der Waals surface area contributed by atoms with E-state index >= 15 is 0 Å². The number of ether oxygens (including phenoxy) is 1.